The fraction of sp³-hybridized carbons (Fsp3) is 0.364. The third kappa shape index (κ3) is 4.58. The lowest BCUT2D eigenvalue weighted by atomic mass is 10.1. The summed E-state index contributed by atoms with van der Waals surface area (Å²) in [6, 6.07) is 6.81. The number of anilines is 1. The van der Waals surface area contributed by atoms with Crippen LogP contribution in [0.3, 0.4) is 0 Å². The van der Waals surface area contributed by atoms with Crippen LogP contribution in [0.25, 0.3) is 5.82 Å². The predicted octanol–water partition coefficient (Wildman–Crippen LogP) is 3.19. The molecule has 32 heavy (non-hydrogen) atoms. The summed E-state index contributed by atoms with van der Waals surface area (Å²) in [4.78, 5) is 29.4. The van der Waals surface area contributed by atoms with Crippen molar-refractivity contribution in [2.45, 2.75) is 26.4 Å². The first kappa shape index (κ1) is 21.8. The van der Waals surface area contributed by atoms with Gasteiger partial charge in [0.1, 0.15) is 24.3 Å². The Balaban J connectivity index is 1.39. The summed E-state index contributed by atoms with van der Waals surface area (Å²) >= 11 is 0. The molecule has 0 saturated carbocycles. The second-order valence-electron chi connectivity index (χ2n) is 7.76. The van der Waals surface area contributed by atoms with E-state index < -0.39 is 11.7 Å². The lowest BCUT2D eigenvalue weighted by molar-refractivity contribution is -0.138. The molecular weight excluding hydrogens is 421 g/mol. The molecular formula is C22H23F3N6O. The van der Waals surface area contributed by atoms with E-state index in [0.29, 0.717) is 31.7 Å². The van der Waals surface area contributed by atoms with Crippen LogP contribution in [0.15, 0.2) is 43.0 Å². The number of benzene rings is 1. The molecule has 4 rings (SSSR count). The summed E-state index contributed by atoms with van der Waals surface area (Å²) < 4.78 is 40.6. The number of carbonyl (C=O) groups is 1. The second-order valence-corrected chi connectivity index (χ2v) is 7.76. The van der Waals surface area contributed by atoms with Crippen LogP contribution in [0.2, 0.25) is 0 Å². The highest BCUT2D eigenvalue weighted by atomic mass is 19.4. The van der Waals surface area contributed by atoms with Crippen molar-refractivity contribution in [3.05, 3.63) is 65.5 Å². The van der Waals surface area contributed by atoms with Crippen LogP contribution in [0.4, 0.5) is 19.0 Å². The molecule has 1 saturated heterocycles. The van der Waals surface area contributed by atoms with Crippen molar-refractivity contribution in [3.8, 4) is 5.82 Å². The highest BCUT2D eigenvalue weighted by Crippen LogP contribution is 2.29. The Morgan fingerprint density at radius 1 is 1.00 bits per heavy atom. The maximum absolute atomic E-state index is 12.9. The smallest absolute Gasteiger partial charge is 0.353 e. The molecule has 7 nitrogen and oxygen atoms in total. The number of hydrogen-bond donors (Lipinski definition) is 0. The Kier molecular flexibility index (Phi) is 5.86. The summed E-state index contributed by atoms with van der Waals surface area (Å²) in [5.74, 6) is 1.29. The number of hydrogen-bond acceptors (Lipinski definition) is 5. The monoisotopic (exact) mass is 444 g/mol. The predicted molar refractivity (Wildman–Crippen MR) is 113 cm³/mol. The molecule has 0 bridgehead atoms. The number of imidazole rings is 1. The molecule has 0 radical (unpaired) electrons. The van der Waals surface area contributed by atoms with Gasteiger partial charge in [0.2, 0.25) is 5.91 Å². The minimum atomic E-state index is -4.42. The molecule has 10 heteroatoms. The number of amides is 1. The van der Waals surface area contributed by atoms with Crippen LogP contribution in [0.5, 0.6) is 0 Å². The maximum atomic E-state index is 12.9. The molecule has 1 aromatic carbocycles. The SMILES string of the molecule is Cc1ncn(-c2cc(N3CCN(C(=O)Cc4cccc(C(F)(F)F)c4)CC3)ncn2)c1C. The lowest BCUT2D eigenvalue weighted by Crippen LogP contribution is -2.49. The Labute approximate surface area is 183 Å². The highest BCUT2D eigenvalue weighted by molar-refractivity contribution is 5.79. The molecule has 0 N–H and O–H groups in total. The van der Waals surface area contributed by atoms with E-state index in [2.05, 4.69) is 19.9 Å². The Hall–Kier alpha value is -3.43. The van der Waals surface area contributed by atoms with Crippen LogP contribution in [-0.2, 0) is 17.4 Å². The van der Waals surface area contributed by atoms with E-state index in [1.807, 2.05) is 24.5 Å². The highest BCUT2D eigenvalue weighted by Gasteiger charge is 2.30. The first-order valence-corrected chi connectivity index (χ1v) is 10.2. The molecule has 2 aromatic heterocycles. The average Bonchev–Trinajstić information content (AvgIpc) is 3.12. The van der Waals surface area contributed by atoms with Crippen LogP contribution in [-0.4, -0.2) is 56.5 Å². The first-order valence-electron chi connectivity index (χ1n) is 10.2. The summed E-state index contributed by atoms with van der Waals surface area (Å²) in [5.41, 5.74) is 1.55. The molecule has 1 aliphatic rings. The zero-order chi connectivity index (χ0) is 22.9. The number of carbonyl (C=O) groups excluding carboxylic acids is 1. The zero-order valence-electron chi connectivity index (χ0n) is 17.8. The molecule has 3 heterocycles. The van der Waals surface area contributed by atoms with Crippen molar-refractivity contribution in [2.75, 3.05) is 31.1 Å². The Morgan fingerprint density at radius 3 is 2.38 bits per heavy atom. The minimum absolute atomic E-state index is 0.0547. The third-order valence-corrected chi connectivity index (χ3v) is 5.70. The van der Waals surface area contributed by atoms with Crippen LogP contribution in [0.1, 0.15) is 22.5 Å². The van der Waals surface area contributed by atoms with Crippen LogP contribution >= 0.6 is 0 Å². The van der Waals surface area contributed by atoms with Gasteiger partial charge in [-0.25, -0.2) is 15.0 Å². The van der Waals surface area contributed by atoms with Crippen molar-refractivity contribution in [2.24, 2.45) is 0 Å². The molecule has 168 valence electrons. The number of rotatable bonds is 4. The lowest BCUT2D eigenvalue weighted by Gasteiger charge is -2.35. The Morgan fingerprint density at radius 2 is 1.72 bits per heavy atom. The van der Waals surface area contributed by atoms with E-state index in [-0.39, 0.29) is 12.3 Å². The van der Waals surface area contributed by atoms with Crippen molar-refractivity contribution in [3.63, 3.8) is 0 Å². The molecule has 0 aliphatic carbocycles. The molecule has 1 aliphatic heterocycles. The minimum Gasteiger partial charge on any atom is -0.353 e. The fourth-order valence-corrected chi connectivity index (χ4v) is 3.70. The van der Waals surface area contributed by atoms with Crippen molar-refractivity contribution in [1.29, 1.82) is 0 Å². The second kappa shape index (κ2) is 8.60. The number of piperazine rings is 1. The van der Waals surface area contributed by atoms with Gasteiger partial charge in [0.05, 0.1) is 17.7 Å². The first-order chi connectivity index (χ1) is 15.2. The standard InChI is InChI=1S/C22H23F3N6O/c1-15-16(2)31(14-28-15)20-12-19(26-13-27-20)29-6-8-30(9-7-29)21(32)11-17-4-3-5-18(10-17)22(23,24)25/h3-5,10,12-14H,6-9,11H2,1-2H3. The fourth-order valence-electron chi connectivity index (χ4n) is 3.70. The van der Waals surface area contributed by atoms with Crippen molar-refractivity contribution in [1.82, 2.24) is 24.4 Å². The van der Waals surface area contributed by atoms with E-state index in [9.17, 15) is 18.0 Å². The molecule has 0 spiro atoms. The van der Waals surface area contributed by atoms with Crippen LogP contribution in [0, 0.1) is 13.8 Å². The van der Waals surface area contributed by atoms with Gasteiger partial charge in [0.15, 0.2) is 0 Å². The number of alkyl halides is 3. The van der Waals surface area contributed by atoms with E-state index in [1.165, 1.54) is 12.4 Å². The molecule has 0 unspecified atom stereocenters. The van der Waals surface area contributed by atoms with Gasteiger partial charge in [0, 0.05) is 37.9 Å². The number of nitrogens with zero attached hydrogens (tertiary/aromatic N) is 6. The van der Waals surface area contributed by atoms with E-state index >= 15 is 0 Å². The quantitative estimate of drug-likeness (QED) is 0.618. The van der Waals surface area contributed by atoms with Gasteiger partial charge in [-0.3, -0.25) is 9.36 Å². The molecule has 1 fully saturated rings. The number of aryl methyl sites for hydroxylation is 1. The topological polar surface area (TPSA) is 67.2 Å². The van der Waals surface area contributed by atoms with Gasteiger partial charge in [-0.15, -0.1) is 0 Å². The van der Waals surface area contributed by atoms with Gasteiger partial charge in [0.25, 0.3) is 0 Å². The van der Waals surface area contributed by atoms with Gasteiger partial charge in [-0.2, -0.15) is 13.2 Å². The largest absolute Gasteiger partial charge is 0.416 e. The molecule has 0 atom stereocenters. The van der Waals surface area contributed by atoms with Gasteiger partial charge < -0.3 is 9.80 Å². The number of halogens is 3. The number of aromatic nitrogens is 4. The summed E-state index contributed by atoms with van der Waals surface area (Å²) in [5, 5.41) is 0. The molecule has 1 amide bonds. The molecule has 3 aromatic rings. The van der Waals surface area contributed by atoms with E-state index in [0.717, 1.165) is 35.2 Å². The summed E-state index contributed by atoms with van der Waals surface area (Å²) in [7, 11) is 0. The maximum Gasteiger partial charge on any atom is 0.416 e. The summed E-state index contributed by atoms with van der Waals surface area (Å²) in [6.07, 6.45) is -1.25. The normalized spacial score (nSPS) is 14.7. The van der Waals surface area contributed by atoms with Gasteiger partial charge in [-0.05, 0) is 25.5 Å². The van der Waals surface area contributed by atoms with Crippen molar-refractivity contribution >= 4 is 11.7 Å². The summed E-state index contributed by atoms with van der Waals surface area (Å²) in [6.45, 7) is 6.00. The van der Waals surface area contributed by atoms with E-state index in [4.69, 9.17) is 0 Å². The van der Waals surface area contributed by atoms with Crippen molar-refractivity contribution < 1.29 is 18.0 Å². The van der Waals surface area contributed by atoms with E-state index in [1.54, 1.807) is 17.3 Å². The third-order valence-electron chi connectivity index (χ3n) is 5.70. The Bertz CT molecular complexity index is 1120. The van der Waals surface area contributed by atoms with Gasteiger partial charge in [-0.1, -0.05) is 18.2 Å². The zero-order valence-corrected chi connectivity index (χ0v) is 17.8. The average molecular weight is 444 g/mol. The van der Waals surface area contributed by atoms with Crippen LogP contribution < -0.4 is 4.90 Å². The van der Waals surface area contributed by atoms with Gasteiger partial charge >= 0.3 is 6.18 Å².